The van der Waals surface area contributed by atoms with Crippen LogP contribution in [-0.4, -0.2) is 18.0 Å². The highest BCUT2D eigenvalue weighted by Gasteiger charge is 2.31. The summed E-state index contributed by atoms with van der Waals surface area (Å²) >= 11 is 5.90. The van der Waals surface area contributed by atoms with Crippen LogP contribution in [0.2, 0.25) is 5.02 Å². The largest absolute Gasteiger partial charge is 0.448 e. The molecule has 0 fully saturated rings. The summed E-state index contributed by atoms with van der Waals surface area (Å²) in [6, 6.07) is 12.4. The van der Waals surface area contributed by atoms with E-state index < -0.39 is 12.1 Å². The SMILES string of the molecule is Cc1cc(Cl)ccc1NC(=O)C1Cc2ccccc2C(=O)O1. The van der Waals surface area contributed by atoms with Crippen molar-refractivity contribution in [3.8, 4) is 0 Å². The van der Waals surface area contributed by atoms with Crippen molar-refractivity contribution in [1.29, 1.82) is 0 Å². The topological polar surface area (TPSA) is 55.4 Å². The second-order valence-corrected chi connectivity index (χ2v) is 5.64. The van der Waals surface area contributed by atoms with Crippen LogP contribution in [0.15, 0.2) is 42.5 Å². The number of carbonyl (C=O) groups excluding carboxylic acids is 2. The molecule has 1 heterocycles. The fourth-order valence-corrected chi connectivity index (χ4v) is 2.68. The average Bonchev–Trinajstić information content (AvgIpc) is 2.50. The van der Waals surface area contributed by atoms with E-state index in [0.717, 1.165) is 11.1 Å². The van der Waals surface area contributed by atoms with Gasteiger partial charge >= 0.3 is 5.97 Å². The van der Waals surface area contributed by atoms with Crippen molar-refractivity contribution >= 4 is 29.2 Å². The Balaban J connectivity index is 1.78. The molecule has 1 aliphatic heterocycles. The minimum Gasteiger partial charge on any atom is -0.448 e. The van der Waals surface area contributed by atoms with Gasteiger partial charge in [-0.2, -0.15) is 0 Å². The fourth-order valence-electron chi connectivity index (χ4n) is 2.46. The molecule has 112 valence electrons. The van der Waals surface area contributed by atoms with Gasteiger partial charge in [-0.1, -0.05) is 29.8 Å². The smallest absolute Gasteiger partial charge is 0.339 e. The van der Waals surface area contributed by atoms with Gasteiger partial charge in [0.1, 0.15) is 0 Å². The molecule has 0 saturated carbocycles. The molecule has 0 bridgehead atoms. The molecular weight excluding hydrogens is 302 g/mol. The van der Waals surface area contributed by atoms with Crippen LogP contribution in [0.25, 0.3) is 0 Å². The summed E-state index contributed by atoms with van der Waals surface area (Å²) in [4.78, 5) is 24.3. The molecular formula is C17H14ClNO3. The van der Waals surface area contributed by atoms with Crippen LogP contribution in [0.5, 0.6) is 0 Å². The lowest BCUT2D eigenvalue weighted by atomic mass is 9.98. The van der Waals surface area contributed by atoms with E-state index in [1.807, 2.05) is 19.1 Å². The summed E-state index contributed by atoms with van der Waals surface area (Å²) in [5.41, 5.74) is 2.86. The van der Waals surface area contributed by atoms with Gasteiger partial charge in [0.2, 0.25) is 0 Å². The van der Waals surface area contributed by atoms with E-state index in [1.54, 1.807) is 30.3 Å². The third kappa shape index (κ3) is 2.83. The van der Waals surface area contributed by atoms with Crippen LogP contribution < -0.4 is 5.32 Å². The lowest BCUT2D eigenvalue weighted by Gasteiger charge is -2.24. The molecule has 4 nitrogen and oxygen atoms in total. The van der Waals surface area contributed by atoms with E-state index in [1.165, 1.54) is 0 Å². The number of benzene rings is 2. The number of esters is 1. The van der Waals surface area contributed by atoms with Gasteiger partial charge in [0, 0.05) is 17.1 Å². The Labute approximate surface area is 133 Å². The maximum absolute atomic E-state index is 12.3. The van der Waals surface area contributed by atoms with E-state index in [4.69, 9.17) is 16.3 Å². The first-order chi connectivity index (χ1) is 10.5. The molecule has 0 radical (unpaired) electrons. The normalized spacial score (nSPS) is 16.6. The van der Waals surface area contributed by atoms with Crippen LogP contribution in [0.1, 0.15) is 21.5 Å². The van der Waals surface area contributed by atoms with Gasteiger partial charge in [-0.3, -0.25) is 4.79 Å². The van der Waals surface area contributed by atoms with Crippen molar-refractivity contribution < 1.29 is 14.3 Å². The van der Waals surface area contributed by atoms with Crippen molar-refractivity contribution in [3.05, 3.63) is 64.2 Å². The molecule has 2 aromatic carbocycles. The highest BCUT2D eigenvalue weighted by molar-refractivity contribution is 6.30. The minimum atomic E-state index is -0.822. The van der Waals surface area contributed by atoms with Gasteiger partial charge in [-0.15, -0.1) is 0 Å². The Kier molecular flexibility index (Phi) is 3.86. The maximum Gasteiger partial charge on any atom is 0.339 e. The number of nitrogens with one attached hydrogen (secondary N) is 1. The summed E-state index contributed by atoms with van der Waals surface area (Å²) in [7, 11) is 0. The number of anilines is 1. The molecule has 3 rings (SSSR count). The van der Waals surface area contributed by atoms with E-state index in [-0.39, 0.29) is 5.91 Å². The number of hydrogen-bond donors (Lipinski definition) is 1. The van der Waals surface area contributed by atoms with Crippen LogP contribution in [0.3, 0.4) is 0 Å². The zero-order valence-corrected chi connectivity index (χ0v) is 12.7. The molecule has 0 saturated heterocycles. The van der Waals surface area contributed by atoms with Crippen molar-refractivity contribution in [1.82, 2.24) is 0 Å². The number of cyclic esters (lactones) is 1. The molecule has 1 atom stereocenters. The molecule has 1 aliphatic rings. The Bertz CT molecular complexity index is 757. The number of rotatable bonds is 2. The molecule has 1 unspecified atom stereocenters. The molecule has 0 spiro atoms. The Morgan fingerprint density at radius 2 is 2.05 bits per heavy atom. The quantitative estimate of drug-likeness (QED) is 0.864. The first kappa shape index (κ1) is 14.6. The molecule has 0 aromatic heterocycles. The predicted molar refractivity (Wildman–Crippen MR) is 84.2 cm³/mol. The third-order valence-corrected chi connectivity index (χ3v) is 3.87. The van der Waals surface area contributed by atoms with Gasteiger partial charge < -0.3 is 10.1 Å². The summed E-state index contributed by atoms with van der Waals surface area (Å²) < 4.78 is 5.23. The summed E-state index contributed by atoms with van der Waals surface area (Å²) in [5.74, 6) is -0.803. The highest BCUT2D eigenvalue weighted by Crippen LogP contribution is 2.23. The van der Waals surface area contributed by atoms with E-state index >= 15 is 0 Å². The second kappa shape index (κ2) is 5.81. The van der Waals surface area contributed by atoms with E-state index in [0.29, 0.717) is 22.7 Å². The van der Waals surface area contributed by atoms with E-state index in [9.17, 15) is 9.59 Å². The Morgan fingerprint density at radius 3 is 2.82 bits per heavy atom. The van der Waals surface area contributed by atoms with Crippen LogP contribution >= 0.6 is 11.6 Å². The van der Waals surface area contributed by atoms with Crippen LogP contribution in [-0.2, 0) is 16.0 Å². The molecule has 22 heavy (non-hydrogen) atoms. The van der Waals surface area contributed by atoms with Crippen LogP contribution in [0, 0.1) is 6.92 Å². The van der Waals surface area contributed by atoms with Crippen molar-refractivity contribution in [2.24, 2.45) is 0 Å². The van der Waals surface area contributed by atoms with Crippen molar-refractivity contribution in [3.63, 3.8) is 0 Å². The number of ether oxygens (including phenoxy) is 1. The summed E-state index contributed by atoms with van der Waals surface area (Å²) in [6.45, 7) is 1.85. The minimum absolute atomic E-state index is 0.340. The number of amides is 1. The highest BCUT2D eigenvalue weighted by atomic mass is 35.5. The standard InChI is InChI=1S/C17H14ClNO3/c1-10-8-12(18)6-7-14(10)19-16(20)15-9-11-4-2-3-5-13(11)17(21)22-15/h2-8,15H,9H2,1H3,(H,19,20). The number of aryl methyl sites for hydroxylation is 1. The van der Waals surface area contributed by atoms with E-state index in [2.05, 4.69) is 5.32 Å². The predicted octanol–water partition coefficient (Wildman–Crippen LogP) is 3.37. The third-order valence-electron chi connectivity index (χ3n) is 3.63. The van der Waals surface area contributed by atoms with Gasteiger partial charge in [-0.25, -0.2) is 4.79 Å². The van der Waals surface area contributed by atoms with Crippen LogP contribution in [0.4, 0.5) is 5.69 Å². The molecule has 1 N–H and O–H groups in total. The zero-order chi connectivity index (χ0) is 15.7. The Hall–Kier alpha value is -2.33. The van der Waals surface area contributed by atoms with Gasteiger partial charge in [0.05, 0.1) is 5.56 Å². The Morgan fingerprint density at radius 1 is 1.27 bits per heavy atom. The molecule has 0 aliphatic carbocycles. The molecule has 1 amide bonds. The van der Waals surface area contributed by atoms with Gasteiger partial charge in [0.15, 0.2) is 6.10 Å². The number of carbonyl (C=O) groups is 2. The van der Waals surface area contributed by atoms with Crippen molar-refractivity contribution in [2.75, 3.05) is 5.32 Å². The lowest BCUT2D eigenvalue weighted by molar-refractivity contribution is -0.125. The number of fused-ring (bicyclic) bond motifs is 1. The first-order valence-electron chi connectivity index (χ1n) is 6.90. The molecule has 5 heteroatoms. The van der Waals surface area contributed by atoms with Gasteiger partial charge in [0.25, 0.3) is 5.91 Å². The number of halogens is 1. The van der Waals surface area contributed by atoms with Crippen molar-refractivity contribution in [2.45, 2.75) is 19.4 Å². The maximum atomic E-state index is 12.3. The molecule has 2 aromatic rings. The first-order valence-corrected chi connectivity index (χ1v) is 7.28. The average molecular weight is 316 g/mol. The summed E-state index contributed by atoms with van der Waals surface area (Å²) in [6.07, 6.45) is -0.446. The number of hydrogen-bond acceptors (Lipinski definition) is 3. The monoisotopic (exact) mass is 315 g/mol. The second-order valence-electron chi connectivity index (χ2n) is 5.20. The van der Waals surface area contributed by atoms with Gasteiger partial charge in [-0.05, 0) is 42.3 Å². The lowest BCUT2D eigenvalue weighted by Crippen LogP contribution is -2.38. The fraction of sp³-hybridized carbons (Fsp3) is 0.176. The zero-order valence-electron chi connectivity index (χ0n) is 11.9. The summed E-state index contributed by atoms with van der Waals surface area (Å²) in [5, 5.41) is 3.39.